The molecular formula is C13H23N3O. The number of aromatic nitrogens is 2. The largest absolute Gasteiger partial charge is 0.376 e. The van der Waals surface area contributed by atoms with Crippen LogP contribution in [0.4, 0.5) is 0 Å². The summed E-state index contributed by atoms with van der Waals surface area (Å²) >= 11 is 0. The van der Waals surface area contributed by atoms with E-state index in [1.165, 1.54) is 12.8 Å². The maximum absolute atomic E-state index is 6.44. The minimum Gasteiger partial charge on any atom is -0.376 e. The molecule has 0 bridgehead atoms. The van der Waals surface area contributed by atoms with E-state index >= 15 is 0 Å². The van der Waals surface area contributed by atoms with Crippen LogP contribution < -0.4 is 5.73 Å². The number of methoxy groups -OCH3 is 1. The van der Waals surface area contributed by atoms with Crippen LogP contribution in [-0.4, -0.2) is 22.5 Å². The van der Waals surface area contributed by atoms with Gasteiger partial charge in [0, 0.05) is 20.4 Å². The molecule has 2 N–H and O–H groups in total. The molecule has 1 aliphatic carbocycles. The maximum Gasteiger partial charge on any atom is 0.0888 e. The highest BCUT2D eigenvalue weighted by atomic mass is 16.5. The lowest BCUT2D eigenvalue weighted by Crippen LogP contribution is -2.47. The van der Waals surface area contributed by atoms with Gasteiger partial charge in [-0.25, -0.2) is 0 Å². The Morgan fingerprint density at radius 1 is 1.65 bits per heavy atom. The highest BCUT2D eigenvalue weighted by molar-refractivity contribution is 5.13. The van der Waals surface area contributed by atoms with Gasteiger partial charge in [-0.15, -0.1) is 0 Å². The third kappa shape index (κ3) is 2.24. The van der Waals surface area contributed by atoms with Gasteiger partial charge in [-0.05, 0) is 24.8 Å². The first kappa shape index (κ1) is 12.6. The van der Waals surface area contributed by atoms with Crippen LogP contribution in [0, 0.1) is 5.92 Å². The standard InChI is InChI=1S/C13H23N3O/c1-10-5-4-7-13(9-10,17-3)12(14)11-6-8-15-16(11)2/h6,8,10,12H,4-5,7,9,14H2,1-3H3. The Kier molecular flexibility index (Phi) is 3.54. The molecule has 1 aliphatic rings. The highest BCUT2D eigenvalue weighted by Crippen LogP contribution is 2.41. The molecule has 1 aromatic rings. The van der Waals surface area contributed by atoms with Crippen molar-refractivity contribution in [2.75, 3.05) is 7.11 Å². The molecule has 3 unspecified atom stereocenters. The van der Waals surface area contributed by atoms with E-state index in [2.05, 4.69) is 12.0 Å². The van der Waals surface area contributed by atoms with Crippen LogP contribution in [0.2, 0.25) is 0 Å². The fourth-order valence-electron chi connectivity index (χ4n) is 3.10. The van der Waals surface area contributed by atoms with Gasteiger partial charge in [0.05, 0.1) is 17.3 Å². The van der Waals surface area contributed by atoms with Crippen LogP contribution in [0.5, 0.6) is 0 Å². The summed E-state index contributed by atoms with van der Waals surface area (Å²) in [7, 11) is 3.72. The van der Waals surface area contributed by atoms with Crippen molar-refractivity contribution in [1.29, 1.82) is 0 Å². The molecule has 0 aliphatic heterocycles. The van der Waals surface area contributed by atoms with Gasteiger partial charge >= 0.3 is 0 Å². The molecule has 17 heavy (non-hydrogen) atoms. The molecule has 0 spiro atoms. The van der Waals surface area contributed by atoms with Crippen molar-refractivity contribution < 1.29 is 4.74 Å². The zero-order valence-electron chi connectivity index (χ0n) is 11.0. The van der Waals surface area contributed by atoms with Crippen molar-refractivity contribution in [3.63, 3.8) is 0 Å². The second-order valence-corrected chi connectivity index (χ2v) is 5.33. The Morgan fingerprint density at radius 2 is 2.41 bits per heavy atom. The average molecular weight is 237 g/mol. The van der Waals surface area contributed by atoms with Crippen molar-refractivity contribution in [1.82, 2.24) is 9.78 Å². The van der Waals surface area contributed by atoms with Gasteiger partial charge in [-0.1, -0.05) is 19.8 Å². The molecule has 4 nitrogen and oxygen atoms in total. The van der Waals surface area contributed by atoms with Crippen LogP contribution in [0.15, 0.2) is 12.3 Å². The minimum absolute atomic E-state index is 0.0947. The third-order valence-electron chi connectivity index (χ3n) is 4.14. The van der Waals surface area contributed by atoms with Gasteiger partial charge in [0.15, 0.2) is 0 Å². The summed E-state index contributed by atoms with van der Waals surface area (Å²) in [5.41, 5.74) is 7.28. The van der Waals surface area contributed by atoms with Crippen molar-refractivity contribution in [3.05, 3.63) is 18.0 Å². The van der Waals surface area contributed by atoms with Crippen molar-refractivity contribution in [2.24, 2.45) is 18.7 Å². The summed E-state index contributed by atoms with van der Waals surface area (Å²) in [6, 6.07) is 1.90. The van der Waals surface area contributed by atoms with E-state index in [0.29, 0.717) is 5.92 Å². The molecule has 1 aromatic heterocycles. The number of aryl methyl sites for hydroxylation is 1. The fourth-order valence-corrected chi connectivity index (χ4v) is 3.10. The van der Waals surface area contributed by atoms with Crippen LogP contribution in [-0.2, 0) is 11.8 Å². The average Bonchev–Trinajstić information content (AvgIpc) is 2.74. The molecule has 96 valence electrons. The molecular weight excluding hydrogens is 214 g/mol. The van der Waals surface area contributed by atoms with Gasteiger partial charge in [-0.3, -0.25) is 4.68 Å². The number of hydrogen-bond acceptors (Lipinski definition) is 3. The van der Waals surface area contributed by atoms with E-state index in [1.807, 2.05) is 17.8 Å². The molecule has 0 aromatic carbocycles. The number of hydrogen-bond donors (Lipinski definition) is 1. The fraction of sp³-hybridized carbons (Fsp3) is 0.769. The monoisotopic (exact) mass is 237 g/mol. The van der Waals surface area contributed by atoms with Gasteiger partial charge in [-0.2, -0.15) is 5.10 Å². The number of nitrogens with zero attached hydrogens (tertiary/aromatic N) is 2. The molecule has 0 amide bonds. The van der Waals surface area contributed by atoms with Crippen molar-refractivity contribution in [2.45, 2.75) is 44.2 Å². The summed E-state index contributed by atoms with van der Waals surface area (Å²) in [5.74, 6) is 0.683. The van der Waals surface area contributed by atoms with Crippen molar-refractivity contribution in [3.8, 4) is 0 Å². The van der Waals surface area contributed by atoms with Crippen LogP contribution in [0.25, 0.3) is 0 Å². The van der Waals surface area contributed by atoms with Crippen LogP contribution >= 0.6 is 0 Å². The Labute approximate surface area is 103 Å². The third-order valence-corrected chi connectivity index (χ3v) is 4.14. The Hall–Kier alpha value is -0.870. The maximum atomic E-state index is 6.44. The molecule has 4 heteroatoms. The van der Waals surface area contributed by atoms with E-state index in [1.54, 1.807) is 13.3 Å². The molecule has 1 heterocycles. The molecule has 1 fully saturated rings. The smallest absolute Gasteiger partial charge is 0.0888 e. The second kappa shape index (κ2) is 4.78. The van der Waals surface area contributed by atoms with Gasteiger partial charge < -0.3 is 10.5 Å². The molecule has 0 saturated heterocycles. The predicted molar refractivity (Wildman–Crippen MR) is 67.5 cm³/mol. The summed E-state index contributed by atoms with van der Waals surface area (Å²) in [6.07, 6.45) is 6.35. The lowest BCUT2D eigenvalue weighted by Gasteiger charge is -2.43. The highest BCUT2D eigenvalue weighted by Gasteiger charge is 2.42. The summed E-state index contributed by atoms with van der Waals surface area (Å²) < 4.78 is 7.68. The summed E-state index contributed by atoms with van der Waals surface area (Å²) in [6.45, 7) is 2.28. The molecule has 2 rings (SSSR count). The van der Waals surface area contributed by atoms with Crippen LogP contribution in [0.3, 0.4) is 0 Å². The minimum atomic E-state index is -0.217. The molecule has 1 saturated carbocycles. The predicted octanol–water partition coefficient (Wildman–Crippen LogP) is 2.02. The first-order valence-electron chi connectivity index (χ1n) is 6.38. The number of nitrogens with two attached hydrogens (primary N) is 1. The first-order valence-corrected chi connectivity index (χ1v) is 6.38. The summed E-state index contributed by atoms with van der Waals surface area (Å²) in [4.78, 5) is 0. The van der Waals surface area contributed by atoms with E-state index in [0.717, 1.165) is 18.5 Å². The summed E-state index contributed by atoms with van der Waals surface area (Å²) in [5, 5.41) is 4.20. The Morgan fingerprint density at radius 3 is 2.94 bits per heavy atom. The Bertz CT molecular complexity index is 376. The molecule has 3 atom stereocenters. The Balaban J connectivity index is 2.26. The number of rotatable bonds is 3. The number of ether oxygens (including phenoxy) is 1. The van der Waals surface area contributed by atoms with E-state index in [4.69, 9.17) is 10.5 Å². The van der Waals surface area contributed by atoms with E-state index in [9.17, 15) is 0 Å². The van der Waals surface area contributed by atoms with E-state index in [-0.39, 0.29) is 11.6 Å². The second-order valence-electron chi connectivity index (χ2n) is 5.33. The van der Waals surface area contributed by atoms with Gasteiger partial charge in [0.2, 0.25) is 0 Å². The zero-order chi connectivity index (χ0) is 12.5. The van der Waals surface area contributed by atoms with Gasteiger partial charge in [0.1, 0.15) is 0 Å². The van der Waals surface area contributed by atoms with Gasteiger partial charge in [0.25, 0.3) is 0 Å². The lowest BCUT2D eigenvalue weighted by molar-refractivity contribution is -0.0733. The van der Waals surface area contributed by atoms with Crippen LogP contribution in [0.1, 0.15) is 44.3 Å². The quantitative estimate of drug-likeness (QED) is 0.875. The topological polar surface area (TPSA) is 53.1 Å². The zero-order valence-corrected chi connectivity index (χ0v) is 11.0. The van der Waals surface area contributed by atoms with Crippen molar-refractivity contribution >= 4 is 0 Å². The lowest BCUT2D eigenvalue weighted by atomic mass is 9.74. The normalized spacial score (nSPS) is 31.4. The molecule has 0 radical (unpaired) electrons. The first-order chi connectivity index (χ1) is 8.09. The SMILES string of the molecule is COC1(C(N)c2ccnn2C)CCCC(C)C1. The van der Waals surface area contributed by atoms with E-state index < -0.39 is 0 Å².